The fourth-order valence-corrected chi connectivity index (χ4v) is 3.82. The molecule has 0 fully saturated rings. The van der Waals surface area contributed by atoms with Crippen LogP contribution in [0.4, 0.5) is 4.79 Å². The molecular formula is C26H28Cl2N2O8. The van der Waals surface area contributed by atoms with Crippen LogP contribution < -0.4 is 10.6 Å². The molecule has 0 aliphatic rings. The number of rotatable bonds is 13. The first kappa shape index (κ1) is 30.6. The minimum Gasteiger partial charge on any atom is -0.481 e. The molecule has 3 N–H and O–H groups in total. The standard InChI is InChI=1S/C26H28Cl2N2O8/c1-15(2)23(30-26(36)38-13-16-7-4-3-5-8-16)24(34)29-19(11-12-21(32)33)20(31)14-37-25(35)22-17(27)9-6-10-18(22)28/h3-10,15,19,23H,11-14H2,1-2H3,(H,29,34)(H,30,36)(H,32,33)/t19-,23-/m0/s1. The summed E-state index contributed by atoms with van der Waals surface area (Å²) in [6, 6.07) is 10.9. The highest BCUT2D eigenvalue weighted by molar-refractivity contribution is 6.39. The van der Waals surface area contributed by atoms with E-state index in [0.29, 0.717) is 0 Å². The van der Waals surface area contributed by atoms with Crippen molar-refractivity contribution in [2.24, 2.45) is 5.92 Å². The van der Waals surface area contributed by atoms with Gasteiger partial charge in [-0.25, -0.2) is 9.59 Å². The zero-order valence-electron chi connectivity index (χ0n) is 20.7. The van der Waals surface area contributed by atoms with Crippen molar-refractivity contribution in [3.63, 3.8) is 0 Å². The second-order valence-electron chi connectivity index (χ2n) is 8.56. The number of ketones is 1. The molecular weight excluding hydrogens is 539 g/mol. The predicted octanol–water partition coefficient (Wildman–Crippen LogP) is 4.02. The molecule has 0 spiro atoms. The second-order valence-corrected chi connectivity index (χ2v) is 9.37. The van der Waals surface area contributed by atoms with Crippen LogP contribution in [0.2, 0.25) is 10.0 Å². The molecule has 0 aliphatic heterocycles. The van der Waals surface area contributed by atoms with Gasteiger partial charge in [0.05, 0.1) is 21.7 Å². The zero-order valence-corrected chi connectivity index (χ0v) is 22.3. The molecule has 2 aromatic rings. The minimum absolute atomic E-state index is 0.0142. The highest BCUT2D eigenvalue weighted by Crippen LogP contribution is 2.25. The van der Waals surface area contributed by atoms with Crippen molar-refractivity contribution in [1.29, 1.82) is 0 Å². The van der Waals surface area contributed by atoms with Crippen molar-refractivity contribution in [3.8, 4) is 0 Å². The van der Waals surface area contributed by atoms with E-state index in [4.69, 9.17) is 37.8 Å². The Morgan fingerprint density at radius 1 is 0.895 bits per heavy atom. The van der Waals surface area contributed by atoms with E-state index in [1.54, 1.807) is 38.1 Å². The first-order valence-electron chi connectivity index (χ1n) is 11.6. The van der Waals surface area contributed by atoms with Gasteiger partial charge >= 0.3 is 18.0 Å². The summed E-state index contributed by atoms with van der Waals surface area (Å²) in [7, 11) is 0. The smallest absolute Gasteiger partial charge is 0.408 e. The van der Waals surface area contributed by atoms with Gasteiger partial charge in [0.2, 0.25) is 5.91 Å². The predicted molar refractivity (Wildman–Crippen MR) is 139 cm³/mol. The lowest BCUT2D eigenvalue weighted by Crippen LogP contribution is -2.54. The number of carbonyl (C=O) groups excluding carboxylic acids is 4. The Morgan fingerprint density at radius 2 is 1.53 bits per heavy atom. The van der Waals surface area contributed by atoms with Crippen LogP contribution in [0.5, 0.6) is 0 Å². The highest BCUT2D eigenvalue weighted by Gasteiger charge is 2.30. The van der Waals surface area contributed by atoms with Crippen LogP contribution in [0.3, 0.4) is 0 Å². The van der Waals surface area contributed by atoms with E-state index >= 15 is 0 Å². The summed E-state index contributed by atoms with van der Waals surface area (Å²) < 4.78 is 10.2. The Bertz CT molecular complexity index is 1140. The molecule has 2 aromatic carbocycles. The Morgan fingerprint density at radius 3 is 2.11 bits per heavy atom. The third-order valence-corrected chi connectivity index (χ3v) is 5.93. The van der Waals surface area contributed by atoms with E-state index in [2.05, 4.69) is 10.6 Å². The number of hydrogen-bond acceptors (Lipinski definition) is 7. The lowest BCUT2D eigenvalue weighted by Gasteiger charge is -2.24. The molecule has 0 heterocycles. The monoisotopic (exact) mass is 566 g/mol. The van der Waals surface area contributed by atoms with Gasteiger partial charge in [-0.3, -0.25) is 14.4 Å². The number of amides is 2. The number of carboxylic acid groups (broad SMARTS) is 1. The molecule has 0 aliphatic carbocycles. The van der Waals surface area contributed by atoms with E-state index in [9.17, 15) is 24.0 Å². The normalized spacial score (nSPS) is 12.2. The van der Waals surface area contributed by atoms with Crippen LogP contribution in [0.15, 0.2) is 48.5 Å². The van der Waals surface area contributed by atoms with Gasteiger partial charge in [0.25, 0.3) is 0 Å². The van der Waals surface area contributed by atoms with Crippen molar-refractivity contribution in [2.75, 3.05) is 6.61 Å². The molecule has 2 atom stereocenters. The molecule has 0 saturated carbocycles. The van der Waals surface area contributed by atoms with Gasteiger partial charge in [-0.15, -0.1) is 0 Å². The van der Waals surface area contributed by atoms with Gasteiger partial charge in [-0.05, 0) is 30.0 Å². The van der Waals surface area contributed by atoms with Gasteiger partial charge in [-0.2, -0.15) is 0 Å². The molecule has 0 radical (unpaired) electrons. The Labute approximate surface area is 229 Å². The lowest BCUT2D eigenvalue weighted by atomic mass is 10.0. The number of alkyl carbamates (subject to hydrolysis) is 1. The molecule has 10 nitrogen and oxygen atoms in total. The molecule has 0 unspecified atom stereocenters. The fourth-order valence-electron chi connectivity index (χ4n) is 3.27. The number of halogens is 2. The number of esters is 1. The number of ether oxygens (including phenoxy) is 2. The SMILES string of the molecule is CC(C)[C@H](NC(=O)OCc1ccccc1)C(=O)N[C@@H](CCC(=O)O)C(=O)COC(=O)c1c(Cl)cccc1Cl. The van der Waals surface area contributed by atoms with Crippen molar-refractivity contribution in [3.05, 3.63) is 69.7 Å². The van der Waals surface area contributed by atoms with Crippen LogP contribution in [0.1, 0.15) is 42.6 Å². The number of carbonyl (C=O) groups is 5. The van der Waals surface area contributed by atoms with Crippen molar-refractivity contribution >= 4 is 52.9 Å². The van der Waals surface area contributed by atoms with Crippen molar-refractivity contribution in [2.45, 2.75) is 45.4 Å². The number of aliphatic carboxylic acids is 1. The van der Waals surface area contributed by atoms with Gasteiger partial charge in [-0.1, -0.05) is 73.4 Å². The summed E-state index contributed by atoms with van der Waals surface area (Å²) in [5.41, 5.74) is 0.619. The van der Waals surface area contributed by atoms with Crippen LogP contribution in [0.25, 0.3) is 0 Å². The van der Waals surface area contributed by atoms with Crippen LogP contribution in [0, 0.1) is 5.92 Å². The van der Waals surface area contributed by atoms with E-state index in [-0.39, 0.29) is 28.6 Å². The fraction of sp³-hybridized carbons (Fsp3) is 0.346. The quantitative estimate of drug-likeness (QED) is 0.308. The molecule has 12 heteroatoms. The van der Waals surface area contributed by atoms with Gasteiger partial charge < -0.3 is 25.2 Å². The summed E-state index contributed by atoms with van der Waals surface area (Å²) in [4.78, 5) is 61.6. The Balaban J connectivity index is 2.04. The molecule has 0 bridgehead atoms. The number of benzene rings is 2. The Hall–Kier alpha value is -3.63. The van der Waals surface area contributed by atoms with E-state index in [0.717, 1.165) is 5.56 Å². The third kappa shape index (κ3) is 9.68. The number of carboxylic acids is 1. The van der Waals surface area contributed by atoms with E-state index in [1.807, 2.05) is 6.07 Å². The molecule has 204 valence electrons. The summed E-state index contributed by atoms with van der Waals surface area (Å²) in [5, 5.41) is 14.0. The summed E-state index contributed by atoms with van der Waals surface area (Å²) >= 11 is 12.0. The average molecular weight is 567 g/mol. The van der Waals surface area contributed by atoms with E-state index < -0.39 is 60.8 Å². The lowest BCUT2D eigenvalue weighted by molar-refractivity contribution is -0.138. The summed E-state index contributed by atoms with van der Waals surface area (Å²) in [6.07, 6.45) is -1.56. The third-order valence-electron chi connectivity index (χ3n) is 5.30. The zero-order chi connectivity index (χ0) is 28.2. The largest absolute Gasteiger partial charge is 0.481 e. The first-order chi connectivity index (χ1) is 18.0. The number of Topliss-reactive ketones (excluding diaryl/α,β-unsaturated/α-hetero) is 1. The van der Waals surface area contributed by atoms with Gasteiger partial charge in [0, 0.05) is 6.42 Å². The van der Waals surface area contributed by atoms with Crippen molar-refractivity contribution in [1.82, 2.24) is 10.6 Å². The highest BCUT2D eigenvalue weighted by atomic mass is 35.5. The molecule has 2 amide bonds. The topological polar surface area (TPSA) is 148 Å². The second kappa shape index (κ2) is 14.9. The number of hydrogen-bond donors (Lipinski definition) is 3. The molecule has 0 aromatic heterocycles. The first-order valence-corrected chi connectivity index (χ1v) is 12.4. The van der Waals surface area contributed by atoms with Gasteiger partial charge in [0.15, 0.2) is 12.4 Å². The Kier molecular flexibility index (Phi) is 12.0. The maximum absolute atomic E-state index is 13.0. The number of nitrogens with one attached hydrogen (secondary N) is 2. The minimum atomic E-state index is -1.31. The van der Waals surface area contributed by atoms with Crippen LogP contribution in [-0.2, 0) is 30.5 Å². The summed E-state index contributed by atoms with van der Waals surface area (Å²) in [6.45, 7) is 2.55. The van der Waals surface area contributed by atoms with Crippen molar-refractivity contribution < 1.29 is 38.6 Å². The van der Waals surface area contributed by atoms with Crippen LogP contribution >= 0.6 is 23.2 Å². The molecule has 0 saturated heterocycles. The van der Waals surface area contributed by atoms with E-state index in [1.165, 1.54) is 18.2 Å². The maximum Gasteiger partial charge on any atom is 0.408 e. The summed E-state index contributed by atoms with van der Waals surface area (Å²) in [5.74, 6) is -4.05. The van der Waals surface area contributed by atoms with Gasteiger partial charge in [0.1, 0.15) is 12.6 Å². The molecule has 2 rings (SSSR count). The average Bonchev–Trinajstić information content (AvgIpc) is 2.87. The molecule has 38 heavy (non-hydrogen) atoms. The maximum atomic E-state index is 13.0. The van der Waals surface area contributed by atoms with Crippen LogP contribution in [-0.4, -0.2) is 53.5 Å².